The Bertz CT molecular complexity index is 834. The number of likely N-dealkylation sites (tertiary alicyclic amines) is 1. The van der Waals surface area contributed by atoms with Crippen LogP contribution in [0.1, 0.15) is 29.5 Å². The van der Waals surface area contributed by atoms with E-state index in [9.17, 15) is 9.59 Å². The molecule has 1 fully saturated rings. The van der Waals surface area contributed by atoms with Crippen LogP contribution in [-0.2, 0) is 24.3 Å². The second-order valence-corrected chi connectivity index (χ2v) is 6.99. The Morgan fingerprint density at radius 3 is 2.65 bits per heavy atom. The van der Waals surface area contributed by atoms with E-state index < -0.39 is 0 Å². The number of carbonyl (C=O) groups is 2. The van der Waals surface area contributed by atoms with Crippen LogP contribution in [0.3, 0.4) is 0 Å². The van der Waals surface area contributed by atoms with Gasteiger partial charge in [-0.05, 0) is 41.7 Å². The van der Waals surface area contributed by atoms with Gasteiger partial charge in [0.25, 0.3) is 0 Å². The first-order valence-electron chi connectivity index (χ1n) is 9.18. The molecule has 0 aromatic heterocycles. The van der Waals surface area contributed by atoms with Gasteiger partial charge in [-0.2, -0.15) is 0 Å². The number of anilines is 1. The Hall–Kier alpha value is -2.82. The third kappa shape index (κ3) is 3.57. The molecule has 4 rings (SSSR count). The molecule has 2 aromatic carbocycles. The van der Waals surface area contributed by atoms with Crippen LogP contribution in [-0.4, -0.2) is 34.8 Å². The number of nitrogens with one attached hydrogen (secondary N) is 1. The summed E-state index contributed by atoms with van der Waals surface area (Å²) in [6.07, 6.45) is 2.47. The summed E-state index contributed by atoms with van der Waals surface area (Å²) in [5.41, 5.74) is 4.36. The molecule has 26 heavy (non-hydrogen) atoms. The molecule has 0 atom stereocenters. The highest BCUT2D eigenvalue weighted by atomic mass is 16.2. The lowest BCUT2D eigenvalue weighted by Crippen LogP contribution is -2.38. The van der Waals surface area contributed by atoms with Crippen LogP contribution in [0, 0.1) is 0 Å². The molecule has 134 valence electrons. The minimum atomic E-state index is -0.0751. The lowest BCUT2D eigenvalue weighted by atomic mass is 10.0. The van der Waals surface area contributed by atoms with Gasteiger partial charge in [-0.25, -0.2) is 4.79 Å². The van der Waals surface area contributed by atoms with E-state index in [1.807, 2.05) is 46.2 Å². The maximum atomic E-state index is 12.6. The number of carbonyl (C=O) groups excluding carboxylic acids is 2. The molecule has 0 bridgehead atoms. The van der Waals surface area contributed by atoms with Gasteiger partial charge in [-0.3, -0.25) is 4.79 Å². The molecule has 0 saturated carbocycles. The summed E-state index contributed by atoms with van der Waals surface area (Å²) in [5, 5.41) is 3.00. The van der Waals surface area contributed by atoms with Crippen LogP contribution in [0.15, 0.2) is 48.5 Å². The van der Waals surface area contributed by atoms with Crippen LogP contribution in [0.25, 0.3) is 0 Å². The molecule has 0 radical (unpaired) electrons. The topological polar surface area (TPSA) is 52.7 Å². The molecule has 0 unspecified atom stereocenters. The highest BCUT2D eigenvalue weighted by Gasteiger charge is 2.21. The van der Waals surface area contributed by atoms with Crippen molar-refractivity contribution in [1.82, 2.24) is 9.80 Å². The van der Waals surface area contributed by atoms with Gasteiger partial charge in [0.15, 0.2) is 0 Å². The van der Waals surface area contributed by atoms with E-state index in [1.54, 1.807) is 0 Å². The summed E-state index contributed by atoms with van der Waals surface area (Å²) in [7, 11) is 0. The first kappa shape index (κ1) is 16.6. The van der Waals surface area contributed by atoms with Crippen LogP contribution >= 0.6 is 0 Å². The van der Waals surface area contributed by atoms with Crippen molar-refractivity contribution in [3.63, 3.8) is 0 Å². The molecular formula is C21H23N3O2. The van der Waals surface area contributed by atoms with E-state index in [1.165, 1.54) is 11.1 Å². The molecule has 1 saturated heterocycles. The quantitative estimate of drug-likeness (QED) is 0.923. The van der Waals surface area contributed by atoms with Crippen molar-refractivity contribution >= 4 is 17.6 Å². The monoisotopic (exact) mass is 349 g/mol. The zero-order valence-corrected chi connectivity index (χ0v) is 14.8. The number of rotatable bonds is 3. The Morgan fingerprint density at radius 2 is 1.85 bits per heavy atom. The van der Waals surface area contributed by atoms with Crippen LogP contribution in [0.5, 0.6) is 0 Å². The van der Waals surface area contributed by atoms with Gasteiger partial charge in [0.2, 0.25) is 5.91 Å². The van der Waals surface area contributed by atoms with Gasteiger partial charge in [-0.1, -0.05) is 36.4 Å². The summed E-state index contributed by atoms with van der Waals surface area (Å²) >= 11 is 0. The Kier molecular flexibility index (Phi) is 4.61. The molecule has 5 nitrogen and oxygen atoms in total. The average Bonchev–Trinajstić information content (AvgIpc) is 3.06. The summed E-state index contributed by atoms with van der Waals surface area (Å²) in [4.78, 5) is 28.2. The molecule has 3 amide bonds. The predicted octanol–water partition coefficient (Wildman–Crippen LogP) is 3.40. The van der Waals surface area contributed by atoms with Crippen LogP contribution < -0.4 is 5.32 Å². The molecule has 1 N–H and O–H groups in total. The third-order valence-electron chi connectivity index (χ3n) is 5.14. The molecule has 2 aliphatic heterocycles. The third-order valence-corrected chi connectivity index (χ3v) is 5.14. The lowest BCUT2D eigenvalue weighted by Gasteiger charge is -2.29. The fourth-order valence-electron chi connectivity index (χ4n) is 3.71. The van der Waals surface area contributed by atoms with Crippen LogP contribution in [0.2, 0.25) is 0 Å². The molecule has 2 aromatic rings. The highest BCUT2D eigenvalue weighted by molar-refractivity contribution is 5.89. The van der Waals surface area contributed by atoms with Crippen molar-refractivity contribution in [3.8, 4) is 0 Å². The van der Waals surface area contributed by atoms with Crippen molar-refractivity contribution in [2.75, 3.05) is 18.4 Å². The van der Waals surface area contributed by atoms with Gasteiger partial charge in [0.1, 0.15) is 0 Å². The molecule has 2 heterocycles. The van der Waals surface area contributed by atoms with Crippen molar-refractivity contribution in [2.24, 2.45) is 0 Å². The van der Waals surface area contributed by atoms with Crippen LogP contribution in [0.4, 0.5) is 10.5 Å². The van der Waals surface area contributed by atoms with Gasteiger partial charge < -0.3 is 15.1 Å². The van der Waals surface area contributed by atoms with E-state index in [-0.39, 0.29) is 11.9 Å². The fourth-order valence-corrected chi connectivity index (χ4v) is 3.71. The number of hydrogen-bond donors (Lipinski definition) is 1. The summed E-state index contributed by atoms with van der Waals surface area (Å²) in [6, 6.07) is 16.0. The molecular weight excluding hydrogens is 326 g/mol. The Labute approximate surface area is 153 Å². The zero-order valence-electron chi connectivity index (χ0n) is 14.8. The normalized spacial score (nSPS) is 16.5. The highest BCUT2D eigenvalue weighted by Crippen LogP contribution is 2.21. The number of hydrogen-bond acceptors (Lipinski definition) is 2. The molecule has 0 aliphatic carbocycles. The van der Waals surface area contributed by atoms with Gasteiger partial charge >= 0.3 is 6.03 Å². The van der Waals surface area contributed by atoms with E-state index in [4.69, 9.17) is 0 Å². The van der Waals surface area contributed by atoms with Gasteiger partial charge in [0, 0.05) is 38.3 Å². The first-order valence-corrected chi connectivity index (χ1v) is 9.18. The molecule has 2 aliphatic rings. The van der Waals surface area contributed by atoms with Gasteiger partial charge in [0.05, 0.1) is 0 Å². The van der Waals surface area contributed by atoms with E-state index >= 15 is 0 Å². The maximum absolute atomic E-state index is 12.6. The van der Waals surface area contributed by atoms with Crippen molar-refractivity contribution in [2.45, 2.75) is 32.4 Å². The maximum Gasteiger partial charge on any atom is 0.322 e. The van der Waals surface area contributed by atoms with Gasteiger partial charge in [-0.15, -0.1) is 0 Å². The smallest absolute Gasteiger partial charge is 0.322 e. The summed E-state index contributed by atoms with van der Waals surface area (Å²) in [5.74, 6) is 0.214. The van der Waals surface area contributed by atoms with E-state index in [0.29, 0.717) is 19.5 Å². The zero-order chi connectivity index (χ0) is 17.9. The second kappa shape index (κ2) is 7.20. The molecule has 5 heteroatoms. The summed E-state index contributed by atoms with van der Waals surface area (Å²) < 4.78 is 0. The number of fused-ring (bicyclic) bond motifs is 1. The lowest BCUT2D eigenvalue weighted by molar-refractivity contribution is -0.128. The van der Waals surface area contributed by atoms with E-state index in [2.05, 4.69) is 17.4 Å². The Morgan fingerprint density at radius 1 is 1.00 bits per heavy atom. The number of benzene rings is 2. The average molecular weight is 349 g/mol. The fraction of sp³-hybridized carbons (Fsp3) is 0.333. The van der Waals surface area contributed by atoms with E-state index in [0.717, 1.165) is 37.2 Å². The first-order chi connectivity index (χ1) is 12.7. The minimum absolute atomic E-state index is 0.0751. The number of nitrogens with zero attached hydrogens (tertiary/aromatic N) is 2. The number of urea groups is 1. The number of amides is 3. The summed E-state index contributed by atoms with van der Waals surface area (Å²) in [6.45, 7) is 2.80. The SMILES string of the molecule is O=C1CCCN1Cc1cccc(NC(=O)N2CCc3ccccc3C2)c1. The van der Waals surface area contributed by atoms with Crippen molar-refractivity contribution in [3.05, 3.63) is 65.2 Å². The van der Waals surface area contributed by atoms with Crippen molar-refractivity contribution < 1.29 is 9.59 Å². The largest absolute Gasteiger partial charge is 0.338 e. The van der Waals surface area contributed by atoms with Crippen molar-refractivity contribution in [1.29, 1.82) is 0 Å². The predicted molar refractivity (Wildman–Crippen MR) is 101 cm³/mol. The second-order valence-electron chi connectivity index (χ2n) is 6.99. The Balaban J connectivity index is 1.40. The minimum Gasteiger partial charge on any atom is -0.338 e. The molecule has 0 spiro atoms. The standard InChI is InChI=1S/C21H23N3O2/c25-20-9-4-11-23(20)14-16-5-3-8-19(13-16)22-21(26)24-12-10-17-6-1-2-7-18(17)15-24/h1-3,5-8,13H,4,9-12,14-15H2,(H,22,26).